The van der Waals surface area contributed by atoms with Gasteiger partial charge in [0.25, 0.3) is 0 Å². The van der Waals surface area contributed by atoms with Crippen LogP contribution < -0.4 is 5.32 Å². The van der Waals surface area contributed by atoms with Crippen LogP contribution in [0.2, 0.25) is 0 Å². The molecule has 0 aliphatic carbocycles. The zero-order valence-electron chi connectivity index (χ0n) is 11.6. The van der Waals surface area contributed by atoms with Gasteiger partial charge in [-0.15, -0.1) is 0 Å². The van der Waals surface area contributed by atoms with Gasteiger partial charge in [-0.2, -0.15) is 0 Å². The van der Waals surface area contributed by atoms with Crippen LogP contribution in [0.5, 0.6) is 0 Å². The average Bonchev–Trinajstić information content (AvgIpc) is 2.60. The van der Waals surface area contributed by atoms with E-state index in [2.05, 4.69) is 5.32 Å². The van der Waals surface area contributed by atoms with Crippen molar-refractivity contribution >= 4 is 17.8 Å². The van der Waals surface area contributed by atoms with Gasteiger partial charge in [-0.05, 0) is 19.8 Å². The second kappa shape index (κ2) is 7.76. The highest BCUT2D eigenvalue weighted by molar-refractivity contribution is 5.88. The van der Waals surface area contributed by atoms with Crippen molar-refractivity contribution in [3.05, 3.63) is 0 Å². The lowest BCUT2D eigenvalue weighted by Crippen LogP contribution is -2.46. The first kappa shape index (κ1) is 15.5. The Labute approximate surface area is 113 Å². The molecule has 1 saturated heterocycles. The fraction of sp³-hybridized carbons (Fsp3) is 0.769. The lowest BCUT2D eigenvalue weighted by molar-refractivity contribution is -0.144. The molecule has 1 unspecified atom stereocenters. The van der Waals surface area contributed by atoms with Gasteiger partial charge in [0.1, 0.15) is 6.04 Å². The predicted molar refractivity (Wildman–Crippen MR) is 69.3 cm³/mol. The molecule has 6 heteroatoms. The van der Waals surface area contributed by atoms with E-state index in [4.69, 9.17) is 4.74 Å². The first-order valence-corrected chi connectivity index (χ1v) is 6.74. The molecular weight excluding hydrogens is 248 g/mol. The fourth-order valence-electron chi connectivity index (χ4n) is 2.03. The molecule has 0 aromatic rings. The summed E-state index contributed by atoms with van der Waals surface area (Å²) in [7, 11) is 1.64. The van der Waals surface area contributed by atoms with Gasteiger partial charge in [-0.25, -0.2) is 0 Å². The molecule has 0 saturated carbocycles. The fourth-order valence-corrected chi connectivity index (χ4v) is 2.03. The standard InChI is InChI=1S/C13H22N2O4/c1-3-19-12(17)8-9-15(2)13(18)10-6-4-5-7-11(16)14-10/h10H,3-9H2,1-2H3,(H,14,16). The molecule has 1 rings (SSSR count). The maximum atomic E-state index is 12.1. The number of esters is 1. The molecule has 2 amide bonds. The molecular formula is C13H22N2O4. The highest BCUT2D eigenvalue weighted by Gasteiger charge is 2.25. The summed E-state index contributed by atoms with van der Waals surface area (Å²) < 4.78 is 4.81. The van der Waals surface area contributed by atoms with Gasteiger partial charge in [0, 0.05) is 20.0 Å². The monoisotopic (exact) mass is 270 g/mol. The minimum absolute atomic E-state index is 0.0744. The van der Waals surface area contributed by atoms with Crippen LogP contribution >= 0.6 is 0 Å². The number of carbonyl (C=O) groups is 3. The zero-order chi connectivity index (χ0) is 14.3. The number of hydrogen-bond acceptors (Lipinski definition) is 4. The summed E-state index contributed by atoms with van der Waals surface area (Å²) in [6.45, 7) is 2.40. The smallest absolute Gasteiger partial charge is 0.307 e. The Balaban J connectivity index is 2.42. The molecule has 1 aliphatic heterocycles. The molecule has 0 aromatic heterocycles. The van der Waals surface area contributed by atoms with Gasteiger partial charge >= 0.3 is 5.97 Å². The Morgan fingerprint density at radius 2 is 2.16 bits per heavy atom. The van der Waals surface area contributed by atoms with Gasteiger partial charge in [-0.3, -0.25) is 14.4 Å². The molecule has 1 N–H and O–H groups in total. The Bertz CT molecular complexity index is 344. The van der Waals surface area contributed by atoms with Crippen molar-refractivity contribution in [1.82, 2.24) is 10.2 Å². The number of amides is 2. The van der Waals surface area contributed by atoms with Crippen molar-refractivity contribution in [3.8, 4) is 0 Å². The quantitative estimate of drug-likeness (QED) is 0.736. The first-order chi connectivity index (χ1) is 9.04. The average molecular weight is 270 g/mol. The highest BCUT2D eigenvalue weighted by atomic mass is 16.5. The van der Waals surface area contributed by atoms with Crippen molar-refractivity contribution in [3.63, 3.8) is 0 Å². The minimum atomic E-state index is -0.456. The van der Waals surface area contributed by atoms with E-state index in [1.54, 1.807) is 14.0 Å². The molecule has 1 fully saturated rings. The third-order valence-electron chi connectivity index (χ3n) is 3.11. The van der Waals surface area contributed by atoms with Crippen LogP contribution in [-0.2, 0) is 19.1 Å². The van der Waals surface area contributed by atoms with E-state index in [1.807, 2.05) is 0 Å². The van der Waals surface area contributed by atoms with Crippen LogP contribution in [0.3, 0.4) is 0 Å². The topological polar surface area (TPSA) is 75.7 Å². The molecule has 0 aromatic carbocycles. The van der Waals surface area contributed by atoms with E-state index in [0.29, 0.717) is 26.0 Å². The van der Waals surface area contributed by atoms with E-state index >= 15 is 0 Å². The second-order valence-electron chi connectivity index (χ2n) is 4.68. The number of carbonyl (C=O) groups excluding carboxylic acids is 3. The van der Waals surface area contributed by atoms with Crippen LogP contribution in [-0.4, -0.2) is 48.9 Å². The van der Waals surface area contributed by atoms with Gasteiger partial charge in [0.05, 0.1) is 13.0 Å². The molecule has 1 atom stereocenters. The van der Waals surface area contributed by atoms with Crippen molar-refractivity contribution in [1.29, 1.82) is 0 Å². The summed E-state index contributed by atoms with van der Waals surface area (Å²) >= 11 is 0. The van der Waals surface area contributed by atoms with Gasteiger partial charge < -0.3 is 15.0 Å². The van der Waals surface area contributed by atoms with E-state index in [0.717, 1.165) is 12.8 Å². The second-order valence-corrected chi connectivity index (χ2v) is 4.68. The SMILES string of the molecule is CCOC(=O)CCN(C)C(=O)C1CCCCC(=O)N1. The number of likely N-dealkylation sites (N-methyl/N-ethyl adjacent to an activating group) is 1. The molecule has 0 radical (unpaired) electrons. The third-order valence-corrected chi connectivity index (χ3v) is 3.11. The number of rotatable bonds is 5. The highest BCUT2D eigenvalue weighted by Crippen LogP contribution is 2.11. The van der Waals surface area contributed by atoms with Gasteiger partial charge in [0.15, 0.2) is 0 Å². The Hall–Kier alpha value is -1.59. The number of nitrogens with one attached hydrogen (secondary N) is 1. The van der Waals surface area contributed by atoms with Crippen LogP contribution in [0.4, 0.5) is 0 Å². The Kier molecular flexibility index (Phi) is 6.32. The summed E-state index contributed by atoms with van der Waals surface area (Å²) in [5.41, 5.74) is 0. The number of nitrogens with zero attached hydrogens (tertiary/aromatic N) is 1. The normalized spacial score (nSPS) is 19.3. The summed E-state index contributed by atoms with van der Waals surface area (Å²) in [5.74, 6) is -0.527. The summed E-state index contributed by atoms with van der Waals surface area (Å²) in [6, 6.07) is -0.456. The molecule has 1 aliphatic rings. The van der Waals surface area contributed by atoms with E-state index < -0.39 is 6.04 Å². The lowest BCUT2D eigenvalue weighted by atomic mass is 10.1. The Morgan fingerprint density at radius 1 is 1.42 bits per heavy atom. The molecule has 108 valence electrons. The molecule has 1 heterocycles. The van der Waals surface area contributed by atoms with Crippen LogP contribution in [0.25, 0.3) is 0 Å². The van der Waals surface area contributed by atoms with Gasteiger partial charge in [0.2, 0.25) is 11.8 Å². The van der Waals surface area contributed by atoms with Crippen molar-refractivity contribution in [2.45, 2.75) is 45.1 Å². The molecule has 19 heavy (non-hydrogen) atoms. The largest absolute Gasteiger partial charge is 0.466 e. The predicted octanol–water partition coefficient (Wildman–Crippen LogP) is 0.457. The summed E-state index contributed by atoms with van der Waals surface area (Å²) in [6.07, 6.45) is 3.00. The minimum Gasteiger partial charge on any atom is -0.466 e. The van der Waals surface area contributed by atoms with Crippen molar-refractivity contribution in [2.24, 2.45) is 0 Å². The van der Waals surface area contributed by atoms with Crippen LogP contribution in [0, 0.1) is 0 Å². The van der Waals surface area contributed by atoms with Gasteiger partial charge in [-0.1, -0.05) is 6.42 Å². The van der Waals surface area contributed by atoms with E-state index in [9.17, 15) is 14.4 Å². The zero-order valence-corrected chi connectivity index (χ0v) is 11.6. The maximum absolute atomic E-state index is 12.1. The molecule has 0 spiro atoms. The summed E-state index contributed by atoms with van der Waals surface area (Å²) in [5, 5.41) is 2.73. The number of hydrogen-bond donors (Lipinski definition) is 1. The van der Waals surface area contributed by atoms with Crippen molar-refractivity contribution < 1.29 is 19.1 Å². The first-order valence-electron chi connectivity index (χ1n) is 6.74. The Morgan fingerprint density at radius 3 is 2.84 bits per heavy atom. The van der Waals surface area contributed by atoms with E-state index in [1.165, 1.54) is 4.90 Å². The van der Waals surface area contributed by atoms with Crippen molar-refractivity contribution in [2.75, 3.05) is 20.2 Å². The molecule has 0 bridgehead atoms. The number of ether oxygens (including phenoxy) is 1. The maximum Gasteiger partial charge on any atom is 0.307 e. The van der Waals surface area contributed by atoms with Crippen LogP contribution in [0.1, 0.15) is 39.0 Å². The van der Waals surface area contributed by atoms with E-state index in [-0.39, 0.29) is 24.2 Å². The van der Waals surface area contributed by atoms with Crippen LogP contribution in [0.15, 0.2) is 0 Å². The summed E-state index contributed by atoms with van der Waals surface area (Å²) in [4.78, 5) is 36.2. The lowest BCUT2D eigenvalue weighted by Gasteiger charge is -2.23. The third kappa shape index (κ3) is 5.28. The molecule has 6 nitrogen and oxygen atoms in total.